The maximum absolute atomic E-state index is 13.0. The lowest BCUT2D eigenvalue weighted by Gasteiger charge is -2.27. The number of nitrogens with one attached hydrogen (secondary N) is 1. The number of benzene rings is 1. The Kier molecular flexibility index (Phi) is 3.97. The van der Waals surface area contributed by atoms with Crippen molar-refractivity contribution >= 4 is 17.5 Å². The monoisotopic (exact) mass is 256 g/mol. The van der Waals surface area contributed by atoms with Crippen molar-refractivity contribution in [2.75, 3.05) is 26.2 Å². The molecule has 1 saturated heterocycles. The van der Waals surface area contributed by atoms with Crippen LogP contribution in [0.3, 0.4) is 0 Å². The van der Waals surface area contributed by atoms with Gasteiger partial charge in [0.25, 0.3) is 0 Å². The third-order valence-electron chi connectivity index (χ3n) is 2.82. The van der Waals surface area contributed by atoms with E-state index in [2.05, 4.69) is 5.32 Å². The third kappa shape index (κ3) is 3.17. The molecule has 0 aliphatic carbocycles. The summed E-state index contributed by atoms with van der Waals surface area (Å²) in [6, 6.07) is 4.10. The van der Waals surface area contributed by atoms with Gasteiger partial charge >= 0.3 is 0 Å². The molecular formula is C12H14ClFN2O. The smallest absolute Gasteiger partial charge is 0.227 e. The van der Waals surface area contributed by atoms with Crippen molar-refractivity contribution in [1.29, 1.82) is 0 Å². The van der Waals surface area contributed by atoms with E-state index in [4.69, 9.17) is 11.6 Å². The molecule has 0 aromatic heterocycles. The predicted molar refractivity (Wildman–Crippen MR) is 64.6 cm³/mol. The third-order valence-corrected chi connectivity index (χ3v) is 3.19. The Bertz CT molecular complexity index is 419. The summed E-state index contributed by atoms with van der Waals surface area (Å²) < 4.78 is 13.0. The second-order valence-corrected chi connectivity index (χ2v) is 4.45. The maximum atomic E-state index is 13.0. The zero-order valence-corrected chi connectivity index (χ0v) is 10.1. The van der Waals surface area contributed by atoms with Crippen molar-refractivity contribution in [3.05, 3.63) is 34.6 Å². The Morgan fingerprint density at radius 1 is 1.41 bits per heavy atom. The van der Waals surface area contributed by atoms with Crippen LogP contribution in [0.2, 0.25) is 5.02 Å². The molecule has 1 fully saturated rings. The van der Waals surface area contributed by atoms with E-state index < -0.39 is 0 Å². The fraction of sp³-hybridized carbons (Fsp3) is 0.417. The molecule has 0 bridgehead atoms. The van der Waals surface area contributed by atoms with E-state index in [1.807, 2.05) is 0 Å². The first-order valence-electron chi connectivity index (χ1n) is 5.59. The highest BCUT2D eigenvalue weighted by molar-refractivity contribution is 6.31. The fourth-order valence-corrected chi connectivity index (χ4v) is 2.05. The molecule has 1 heterocycles. The van der Waals surface area contributed by atoms with Gasteiger partial charge in [-0.3, -0.25) is 4.79 Å². The highest BCUT2D eigenvalue weighted by atomic mass is 35.5. The van der Waals surface area contributed by atoms with Crippen molar-refractivity contribution in [1.82, 2.24) is 10.2 Å². The Morgan fingerprint density at radius 3 is 2.82 bits per heavy atom. The number of piperazine rings is 1. The van der Waals surface area contributed by atoms with Gasteiger partial charge < -0.3 is 10.2 Å². The van der Waals surface area contributed by atoms with E-state index in [0.717, 1.165) is 13.1 Å². The van der Waals surface area contributed by atoms with Crippen LogP contribution in [0.15, 0.2) is 18.2 Å². The van der Waals surface area contributed by atoms with Crippen LogP contribution in [-0.2, 0) is 11.2 Å². The Labute approximate surface area is 105 Å². The van der Waals surface area contributed by atoms with Crippen LogP contribution in [0, 0.1) is 5.82 Å². The van der Waals surface area contributed by atoms with E-state index in [1.54, 1.807) is 4.90 Å². The molecule has 92 valence electrons. The molecule has 5 heteroatoms. The summed E-state index contributed by atoms with van der Waals surface area (Å²) in [5, 5.41) is 3.61. The molecular weight excluding hydrogens is 243 g/mol. The van der Waals surface area contributed by atoms with Gasteiger partial charge in [0.05, 0.1) is 6.42 Å². The summed E-state index contributed by atoms with van der Waals surface area (Å²) in [6.07, 6.45) is 0.163. The topological polar surface area (TPSA) is 32.3 Å². The molecule has 2 rings (SSSR count). The molecule has 1 aliphatic heterocycles. The van der Waals surface area contributed by atoms with Gasteiger partial charge in [0.2, 0.25) is 5.91 Å². The second kappa shape index (κ2) is 5.47. The van der Waals surface area contributed by atoms with Crippen LogP contribution in [0.1, 0.15) is 5.56 Å². The molecule has 0 radical (unpaired) electrons. The van der Waals surface area contributed by atoms with Crippen molar-refractivity contribution in [3.63, 3.8) is 0 Å². The summed E-state index contributed by atoms with van der Waals surface area (Å²) in [5.74, 6) is -0.364. The number of halogens is 2. The number of amides is 1. The van der Waals surface area contributed by atoms with Gasteiger partial charge in [-0.1, -0.05) is 11.6 Å². The number of carbonyl (C=O) groups is 1. The molecule has 0 unspecified atom stereocenters. The summed E-state index contributed by atoms with van der Waals surface area (Å²) in [5.41, 5.74) is 0.551. The summed E-state index contributed by atoms with van der Waals surface area (Å²) in [6.45, 7) is 3.02. The average Bonchev–Trinajstić information content (AvgIpc) is 2.35. The van der Waals surface area contributed by atoms with Crippen molar-refractivity contribution in [3.8, 4) is 0 Å². The number of hydrogen-bond acceptors (Lipinski definition) is 2. The van der Waals surface area contributed by atoms with Crippen LogP contribution in [0.25, 0.3) is 0 Å². The number of hydrogen-bond donors (Lipinski definition) is 1. The van der Waals surface area contributed by atoms with E-state index >= 15 is 0 Å². The minimum atomic E-state index is -0.363. The fourth-order valence-electron chi connectivity index (χ4n) is 1.87. The zero-order chi connectivity index (χ0) is 12.3. The number of nitrogens with zero attached hydrogens (tertiary/aromatic N) is 1. The lowest BCUT2D eigenvalue weighted by molar-refractivity contribution is -0.131. The lowest BCUT2D eigenvalue weighted by atomic mass is 10.1. The molecule has 1 aromatic carbocycles. The van der Waals surface area contributed by atoms with E-state index in [0.29, 0.717) is 23.7 Å². The maximum Gasteiger partial charge on any atom is 0.227 e. The van der Waals surface area contributed by atoms with Crippen molar-refractivity contribution in [2.45, 2.75) is 6.42 Å². The zero-order valence-electron chi connectivity index (χ0n) is 9.38. The van der Waals surface area contributed by atoms with Crippen LogP contribution in [0.4, 0.5) is 4.39 Å². The molecule has 0 saturated carbocycles. The van der Waals surface area contributed by atoms with Crippen LogP contribution < -0.4 is 5.32 Å². The lowest BCUT2D eigenvalue weighted by Crippen LogP contribution is -2.46. The quantitative estimate of drug-likeness (QED) is 0.869. The number of carbonyl (C=O) groups excluding carboxylic acids is 1. The molecule has 0 spiro atoms. The van der Waals surface area contributed by atoms with Crippen LogP contribution in [0.5, 0.6) is 0 Å². The van der Waals surface area contributed by atoms with Crippen molar-refractivity contribution < 1.29 is 9.18 Å². The summed E-state index contributed by atoms with van der Waals surface area (Å²) in [7, 11) is 0. The average molecular weight is 257 g/mol. The van der Waals surface area contributed by atoms with Crippen LogP contribution >= 0.6 is 11.6 Å². The Morgan fingerprint density at radius 2 is 2.12 bits per heavy atom. The molecule has 1 amide bonds. The normalized spacial score (nSPS) is 16.0. The molecule has 1 N–H and O–H groups in total. The van der Waals surface area contributed by atoms with Crippen LogP contribution in [-0.4, -0.2) is 37.0 Å². The SMILES string of the molecule is O=C(Cc1cc(F)ccc1Cl)N1CCNCC1. The Balaban J connectivity index is 2.04. The molecule has 1 aromatic rings. The first kappa shape index (κ1) is 12.3. The standard InChI is InChI=1S/C12H14ClFN2O/c13-11-2-1-10(14)7-9(11)8-12(17)16-5-3-15-4-6-16/h1-2,7,15H,3-6,8H2. The van der Waals surface area contributed by atoms with E-state index in [9.17, 15) is 9.18 Å². The predicted octanol–water partition coefficient (Wildman–Crippen LogP) is 1.45. The molecule has 0 atom stereocenters. The van der Waals surface area contributed by atoms with Gasteiger partial charge in [-0.25, -0.2) is 4.39 Å². The molecule has 3 nitrogen and oxygen atoms in total. The summed E-state index contributed by atoms with van der Waals surface area (Å²) >= 11 is 5.93. The molecule has 17 heavy (non-hydrogen) atoms. The largest absolute Gasteiger partial charge is 0.340 e. The van der Waals surface area contributed by atoms with Gasteiger partial charge in [0, 0.05) is 31.2 Å². The number of rotatable bonds is 2. The van der Waals surface area contributed by atoms with Gasteiger partial charge in [-0.2, -0.15) is 0 Å². The first-order valence-corrected chi connectivity index (χ1v) is 5.97. The highest BCUT2D eigenvalue weighted by Crippen LogP contribution is 2.18. The second-order valence-electron chi connectivity index (χ2n) is 4.04. The van der Waals surface area contributed by atoms with E-state index in [-0.39, 0.29) is 18.1 Å². The summed E-state index contributed by atoms with van der Waals surface area (Å²) in [4.78, 5) is 13.7. The van der Waals surface area contributed by atoms with Gasteiger partial charge in [0.1, 0.15) is 5.82 Å². The molecule has 1 aliphatic rings. The van der Waals surface area contributed by atoms with Crippen molar-refractivity contribution in [2.24, 2.45) is 0 Å². The van der Waals surface area contributed by atoms with Gasteiger partial charge in [0.15, 0.2) is 0 Å². The first-order chi connectivity index (χ1) is 8.16. The van der Waals surface area contributed by atoms with E-state index in [1.165, 1.54) is 18.2 Å². The van der Waals surface area contributed by atoms with Gasteiger partial charge in [-0.15, -0.1) is 0 Å². The highest BCUT2D eigenvalue weighted by Gasteiger charge is 2.17. The van der Waals surface area contributed by atoms with Gasteiger partial charge in [-0.05, 0) is 23.8 Å². The minimum Gasteiger partial charge on any atom is -0.340 e. The minimum absolute atomic E-state index is 0.000926. The Hall–Kier alpha value is -1.13.